The Morgan fingerprint density at radius 3 is 2.75 bits per heavy atom. The van der Waals surface area contributed by atoms with Crippen molar-refractivity contribution in [3.8, 4) is 16.9 Å². The van der Waals surface area contributed by atoms with Crippen molar-refractivity contribution in [3.63, 3.8) is 0 Å². The van der Waals surface area contributed by atoms with E-state index in [1.807, 2.05) is 25.1 Å². The molecule has 24 heavy (non-hydrogen) atoms. The lowest BCUT2D eigenvalue weighted by atomic mass is 10.0. The summed E-state index contributed by atoms with van der Waals surface area (Å²) in [7, 11) is 0. The Hall–Kier alpha value is -3.15. The van der Waals surface area contributed by atoms with Gasteiger partial charge in [-0.2, -0.15) is 0 Å². The average molecular weight is 324 g/mol. The van der Waals surface area contributed by atoms with Crippen LogP contribution in [0.1, 0.15) is 23.0 Å². The van der Waals surface area contributed by atoms with Gasteiger partial charge in [-0.25, -0.2) is 0 Å². The Morgan fingerprint density at radius 1 is 1.29 bits per heavy atom. The zero-order valence-electron chi connectivity index (χ0n) is 13.4. The third kappa shape index (κ3) is 2.52. The maximum absolute atomic E-state index is 11.6. The Labute approximate surface area is 138 Å². The van der Waals surface area contributed by atoms with Crippen molar-refractivity contribution in [1.82, 2.24) is 4.40 Å². The van der Waals surface area contributed by atoms with Gasteiger partial charge in [-0.05, 0) is 43.2 Å². The van der Waals surface area contributed by atoms with Gasteiger partial charge in [-0.1, -0.05) is 12.1 Å². The minimum absolute atomic E-state index is 0.113. The maximum Gasteiger partial charge on any atom is 0.311 e. The molecule has 122 valence electrons. The standard InChI is InChI=1S/C18H16N2O4/c1-3-24-18-7-6-13(9-16(18)20(22)23)14-10-15-12(2)5-4-8-19(15)17(14)11-21/h4-11H,3H2,1-2H3. The number of carbonyl (C=O) groups is 1. The predicted molar refractivity (Wildman–Crippen MR) is 90.8 cm³/mol. The number of rotatable bonds is 5. The molecule has 0 saturated heterocycles. The van der Waals surface area contributed by atoms with Gasteiger partial charge in [0, 0.05) is 23.3 Å². The van der Waals surface area contributed by atoms with Crippen LogP contribution < -0.4 is 4.74 Å². The second kappa shape index (κ2) is 6.16. The highest BCUT2D eigenvalue weighted by Gasteiger charge is 2.19. The molecule has 0 N–H and O–H groups in total. The Balaban J connectivity index is 2.24. The van der Waals surface area contributed by atoms with Gasteiger partial charge < -0.3 is 9.14 Å². The number of nitrogens with zero attached hydrogens (tertiary/aromatic N) is 2. The van der Waals surface area contributed by atoms with E-state index < -0.39 is 4.92 Å². The van der Waals surface area contributed by atoms with Gasteiger partial charge in [0.05, 0.1) is 17.2 Å². The van der Waals surface area contributed by atoms with Crippen LogP contribution in [0, 0.1) is 17.0 Å². The molecule has 6 nitrogen and oxygen atoms in total. The minimum Gasteiger partial charge on any atom is -0.487 e. The molecule has 2 aromatic heterocycles. The number of pyridine rings is 1. The molecular formula is C18H16N2O4. The van der Waals surface area contributed by atoms with Gasteiger partial charge in [0.2, 0.25) is 0 Å². The van der Waals surface area contributed by atoms with Crippen LogP contribution in [0.5, 0.6) is 5.75 Å². The van der Waals surface area contributed by atoms with Gasteiger partial charge in [-0.3, -0.25) is 14.9 Å². The number of aryl methyl sites for hydroxylation is 1. The van der Waals surface area contributed by atoms with Crippen molar-refractivity contribution >= 4 is 17.5 Å². The summed E-state index contributed by atoms with van der Waals surface area (Å²) in [4.78, 5) is 22.4. The second-order valence-electron chi connectivity index (χ2n) is 5.38. The van der Waals surface area contributed by atoms with Crippen LogP contribution in [-0.2, 0) is 0 Å². The highest BCUT2D eigenvalue weighted by Crippen LogP contribution is 2.35. The number of nitro benzene ring substituents is 1. The molecular weight excluding hydrogens is 308 g/mol. The van der Waals surface area contributed by atoms with Gasteiger partial charge >= 0.3 is 5.69 Å². The van der Waals surface area contributed by atoms with E-state index in [1.54, 1.807) is 29.7 Å². The summed E-state index contributed by atoms with van der Waals surface area (Å²) in [6, 6.07) is 10.4. The number of benzene rings is 1. The normalized spacial score (nSPS) is 10.8. The van der Waals surface area contributed by atoms with Crippen molar-refractivity contribution in [1.29, 1.82) is 0 Å². The van der Waals surface area contributed by atoms with E-state index in [1.165, 1.54) is 6.07 Å². The Morgan fingerprint density at radius 2 is 2.08 bits per heavy atom. The topological polar surface area (TPSA) is 73.8 Å². The highest BCUT2D eigenvalue weighted by molar-refractivity contribution is 5.91. The first-order valence-corrected chi connectivity index (χ1v) is 7.54. The molecule has 0 amide bonds. The fourth-order valence-electron chi connectivity index (χ4n) is 2.82. The summed E-state index contributed by atoms with van der Waals surface area (Å²) in [5.74, 6) is 0.221. The summed E-state index contributed by atoms with van der Waals surface area (Å²) in [6.07, 6.45) is 2.57. The minimum atomic E-state index is -0.476. The van der Waals surface area contributed by atoms with E-state index in [2.05, 4.69) is 0 Å². The molecule has 3 aromatic rings. The molecule has 0 fully saturated rings. The molecule has 0 bridgehead atoms. The smallest absolute Gasteiger partial charge is 0.311 e. The van der Waals surface area contributed by atoms with Crippen molar-refractivity contribution in [2.75, 3.05) is 6.61 Å². The average Bonchev–Trinajstić information content (AvgIpc) is 2.95. The van der Waals surface area contributed by atoms with Crippen LogP contribution in [0.4, 0.5) is 5.69 Å². The third-order valence-corrected chi connectivity index (χ3v) is 3.94. The van der Waals surface area contributed by atoms with Crippen LogP contribution in [0.15, 0.2) is 42.6 Å². The van der Waals surface area contributed by atoms with Crippen LogP contribution in [0.3, 0.4) is 0 Å². The lowest BCUT2D eigenvalue weighted by Crippen LogP contribution is -1.98. The predicted octanol–water partition coefficient (Wildman–Crippen LogP) is 4.03. The number of fused-ring (bicyclic) bond motifs is 1. The van der Waals surface area contributed by atoms with Gasteiger partial charge in [0.15, 0.2) is 12.0 Å². The van der Waals surface area contributed by atoms with E-state index in [0.29, 0.717) is 23.4 Å². The van der Waals surface area contributed by atoms with Gasteiger partial charge in [0.25, 0.3) is 0 Å². The fourth-order valence-corrected chi connectivity index (χ4v) is 2.82. The van der Waals surface area contributed by atoms with Crippen molar-refractivity contribution < 1.29 is 14.5 Å². The van der Waals surface area contributed by atoms with E-state index in [4.69, 9.17) is 4.74 Å². The lowest BCUT2D eigenvalue weighted by molar-refractivity contribution is -0.385. The molecule has 0 radical (unpaired) electrons. The van der Waals surface area contributed by atoms with Crippen molar-refractivity contribution in [2.24, 2.45) is 0 Å². The monoisotopic (exact) mass is 324 g/mol. The zero-order chi connectivity index (χ0) is 17.3. The lowest BCUT2D eigenvalue weighted by Gasteiger charge is -2.06. The summed E-state index contributed by atoms with van der Waals surface area (Å²) in [5.41, 5.74) is 3.53. The van der Waals surface area contributed by atoms with E-state index in [9.17, 15) is 14.9 Å². The molecule has 0 aliphatic heterocycles. The quantitative estimate of drug-likeness (QED) is 0.403. The van der Waals surface area contributed by atoms with Crippen LogP contribution in [0.2, 0.25) is 0 Å². The van der Waals surface area contributed by atoms with Crippen molar-refractivity contribution in [2.45, 2.75) is 13.8 Å². The Kier molecular flexibility index (Phi) is 4.04. The molecule has 3 rings (SSSR count). The molecule has 0 aliphatic carbocycles. The molecule has 0 atom stereocenters. The third-order valence-electron chi connectivity index (χ3n) is 3.94. The molecule has 1 aromatic carbocycles. The summed E-state index contributed by atoms with van der Waals surface area (Å²) < 4.78 is 7.10. The number of aldehydes is 1. The number of ether oxygens (including phenoxy) is 1. The first kappa shape index (κ1) is 15.7. The Bertz CT molecular complexity index is 944. The SMILES string of the molecule is CCOc1ccc(-c2cc3c(C)cccn3c2C=O)cc1[N+](=O)[O-]. The highest BCUT2D eigenvalue weighted by atomic mass is 16.6. The van der Waals surface area contributed by atoms with Crippen LogP contribution >= 0.6 is 0 Å². The molecule has 0 aliphatic rings. The molecule has 2 heterocycles. The number of hydrogen-bond donors (Lipinski definition) is 0. The van der Waals surface area contributed by atoms with E-state index in [0.717, 1.165) is 17.4 Å². The zero-order valence-corrected chi connectivity index (χ0v) is 13.4. The van der Waals surface area contributed by atoms with Crippen LogP contribution in [0.25, 0.3) is 16.6 Å². The van der Waals surface area contributed by atoms with E-state index >= 15 is 0 Å². The van der Waals surface area contributed by atoms with E-state index in [-0.39, 0.29) is 11.4 Å². The molecule has 0 unspecified atom stereocenters. The van der Waals surface area contributed by atoms with Gasteiger partial charge in [0.1, 0.15) is 0 Å². The summed E-state index contributed by atoms with van der Waals surface area (Å²) in [6.45, 7) is 4.06. The molecule has 0 spiro atoms. The second-order valence-corrected chi connectivity index (χ2v) is 5.38. The van der Waals surface area contributed by atoms with Gasteiger partial charge in [-0.15, -0.1) is 0 Å². The molecule has 0 saturated carbocycles. The first-order valence-electron chi connectivity index (χ1n) is 7.54. The summed E-state index contributed by atoms with van der Waals surface area (Å²) >= 11 is 0. The molecule has 6 heteroatoms. The fraction of sp³-hybridized carbons (Fsp3) is 0.167. The largest absolute Gasteiger partial charge is 0.487 e. The maximum atomic E-state index is 11.6. The first-order chi connectivity index (χ1) is 11.6. The summed E-state index contributed by atoms with van der Waals surface area (Å²) in [5, 5.41) is 11.3. The van der Waals surface area contributed by atoms with Crippen molar-refractivity contribution in [3.05, 3.63) is 64.0 Å². The van der Waals surface area contributed by atoms with Crippen LogP contribution in [-0.4, -0.2) is 22.2 Å². The number of carbonyl (C=O) groups excluding carboxylic acids is 1. The number of hydrogen-bond acceptors (Lipinski definition) is 4. The number of nitro groups is 1. The number of aromatic nitrogens is 1.